The highest BCUT2D eigenvalue weighted by Crippen LogP contribution is 2.44. The van der Waals surface area contributed by atoms with Gasteiger partial charge in [0.2, 0.25) is 0 Å². The maximum Gasteiger partial charge on any atom is 0.193 e. The molecule has 0 aromatic rings. The predicted octanol–water partition coefficient (Wildman–Crippen LogP) is 3.16. The van der Waals surface area contributed by atoms with Crippen molar-refractivity contribution in [2.75, 3.05) is 33.3 Å². The SMILES string of the molecule is CN=C(NCC1(CCO)CCCC1)N1CCC2(CCCCC2)C1. The Morgan fingerprint density at radius 3 is 2.39 bits per heavy atom. The number of nitrogens with one attached hydrogen (secondary N) is 1. The Morgan fingerprint density at radius 1 is 1.04 bits per heavy atom. The lowest BCUT2D eigenvalue weighted by Gasteiger charge is -2.34. The summed E-state index contributed by atoms with van der Waals surface area (Å²) in [6, 6.07) is 0. The van der Waals surface area contributed by atoms with Gasteiger partial charge in [-0.1, -0.05) is 32.1 Å². The third kappa shape index (κ3) is 3.84. The first kappa shape index (κ1) is 17.1. The Hall–Kier alpha value is -0.770. The predicted molar refractivity (Wildman–Crippen MR) is 95.7 cm³/mol. The number of aliphatic imine (C=N–C) groups is 1. The lowest BCUT2D eigenvalue weighted by atomic mass is 9.73. The first-order valence-electron chi connectivity index (χ1n) is 9.78. The summed E-state index contributed by atoms with van der Waals surface area (Å²) in [7, 11) is 1.92. The summed E-state index contributed by atoms with van der Waals surface area (Å²) in [5.74, 6) is 1.09. The van der Waals surface area contributed by atoms with Crippen LogP contribution in [-0.4, -0.2) is 49.3 Å². The molecule has 3 rings (SSSR count). The number of aliphatic hydroxyl groups excluding tert-OH is 1. The van der Waals surface area contributed by atoms with Gasteiger partial charge in [0.25, 0.3) is 0 Å². The Labute approximate surface area is 141 Å². The molecule has 2 N–H and O–H groups in total. The molecule has 0 aromatic carbocycles. The molecule has 0 amide bonds. The summed E-state index contributed by atoms with van der Waals surface area (Å²) in [5.41, 5.74) is 0.874. The van der Waals surface area contributed by atoms with Gasteiger partial charge in [0.1, 0.15) is 0 Å². The van der Waals surface area contributed by atoms with E-state index in [0.29, 0.717) is 17.4 Å². The molecule has 4 nitrogen and oxygen atoms in total. The van der Waals surface area contributed by atoms with Gasteiger partial charge in [-0.05, 0) is 49.4 Å². The monoisotopic (exact) mass is 321 g/mol. The molecular formula is C19H35N3O. The van der Waals surface area contributed by atoms with Gasteiger partial charge in [-0.15, -0.1) is 0 Å². The van der Waals surface area contributed by atoms with Crippen molar-refractivity contribution >= 4 is 5.96 Å². The maximum atomic E-state index is 9.42. The molecule has 0 radical (unpaired) electrons. The van der Waals surface area contributed by atoms with Gasteiger partial charge in [0.15, 0.2) is 5.96 Å². The second-order valence-electron chi connectivity index (χ2n) is 8.31. The van der Waals surface area contributed by atoms with E-state index in [-0.39, 0.29) is 0 Å². The van der Waals surface area contributed by atoms with Crippen LogP contribution in [0.5, 0.6) is 0 Å². The average Bonchev–Trinajstić information content (AvgIpc) is 3.18. The zero-order valence-electron chi connectivity index (χ0n) is 14.9. The van der Waals surface area contributed by atoms with Crippen molar-refractivity contribution in [1.29, 1.82) is 0 Å². The average molecular weight is 322 g/mol. The second kappa shape index (κ2) is 7.42. The van der Waals surface area contributed by atoms with E-state index in [1.54, 1.807) is 0 Å². The number of guanidine groups is 1. The van der Waals surface area contributed by atoms with Gasteiger partial charge in [-0.2, -0.15) is 0 Å². The molecule has 0 aromatic heterocycles. The largest absolute Gasteiger partial charge is 0.396 e. The number of rotatable bonds is 4. The van der Waals surface area contributed by atoms with Crippen molar-refractivity contribution in [1.82, 2.24) is 10.2 Å². The van der Waals surface area contributed by atoms with Crippen molar-refractivity contribution in [3.05, 3.63) is 0 Å². The number of nitrogens with zero attached hydrogens (tertiary/aromatic N) is 2. The van der Waals surface area contributed by atoms with Crippen LogP contribution in [0.1, 0.15) is 70.6 Å². The van der Waals surface area contributed by atoms with Crippen LogP contribution in [0, 0.1) is 10.8 Å². The Bertz CT molecular complexity index is 409. The van der Waals surface area contributed by atoms with E-state index in [2.05, 4.69) is 15.2 Å². The maximum absolute atomic E-state index is 9.42. The fourth-order valence-electron chi connectivity index (χ4n) is 5.30. The van der Waals surface area contributed by atoms with Crippen LogP contribution < -0.4 is 5.32 Å². The fourth-order valence-corrected chi connectivity index (χ4v) is 5.30. The number of hydrogen-bond donors (Lipinski definition) is 2. The van der Waals surface area contributed by atoms with Gasteiger partial charge < -0.3 is 15.3 Å². The van der Waals surface area contributed by atoms with E-state index in [4.69, 9.17) is 0 Å². The van der Waals surface area contributed by atoms with E-state index in [1.807, 2.05) is 7.05 Å². The van der Waals surface area contributed by atoms with Crippen LogP contribution in [0.3, 0.4) is 0 Å². The highest BCUT2D eigenvalue weighted by molar-refractivity contribution is 5.80. The standard InChI is InChI=1S/C19H35N3O/c1-20-17(21-15-18(12-14-23)7-5-6-8-18)22-13-11-19(16-22)9-3-2-4-10-19/h23H,2-16H2,1H3,(H,20,21). The topological polar surface area (TPSA) is 47.9 Å². The molecule has 132 valence electrons. The van der Waals surface area contributed by atoms with Crippen LogP contribution in [0.2, 0.25) is 0 Å². The molecule has 4 heteroatoms. The zero-order valence-corrected chi connectivity index (χ0v) is 14.9. The Morgan fingerprint density at radius 2 is 1.74 bits per heavy atom. The summed E-state index contributed by atoms with van der Waals surface area (Å²) in [6.45, 7) is 3.64. The molecule has 3 aliphatic rings. The molecule has 0 atom stereocenters. The molecule has 2 aliphatic carbocycles. The van der Waals surface area contributed by atoms with E-state index >= 15 is 0 Å². The second-order valence-corrected chi connectivity index (χ2v) is 8.31. The Kier molecular flexibility index (Phi) is 5.50. The number of hydrogen-bond acceptors (Lipinski definition) is 2. The van der Waals surface area contributed by atoms with Crippen LogP contribution in [0.4, 0.5) is 0 Å². The molecule has 0 unspecified atom stereocenters. The normalized spacial score (nSPS) is 26.9. The quantitative estimate of drug-likeness (QED) is 0.618. The van der Waals surface area contributed by atoms with Crippen LogP contribution in [0.25, 0.3) is 0 Å². The number of aliphatic hydroxyl groups is 1. The van der Waals surface area contributed by atoms with E-state index in [1.165, 1.54) is 70.8 Å². The third-order valence-electron chi connectivity index (χ3n) is 6.79. The highest BCUT2D eigenvalue weighted by atomic mass is 16.3. The molecule has 2 saturated carbocycles. The first-order valence-corrected chi connectivity index (χ1v) is 9.78. The smallest absolute Gasteiger partial charge is 0.193 e. The van der Waals surface area contributed by atoms with Crippen LogP contribution >= 0.6 is 0 Å². The molecule has 1 aliphatic heterocycles. The first-order chi connectivity index (χ1) is 11.2. The van der Waals surface area contributed by atoms with Crippen molar-refractivity contribution in [2.45, 2.75) is 70.6 Å². The van der Waals surface area contributed by atoms with Gasteiger partial charge in [0, 0.05) is 33.3 Å². The molecular weight excluding hydrogens is 286 g/mol. The molecule has 1 heterocycles. The van der Waals surface area contributed by atoms with Crippen LogP contribution in [-0.2, 0) is 0 Å². The van der Waals surface area contributed by atoms with Crippen LogP contribution in [0.15, 0.2) is 4.99 Å². The van der Waals surface area contributed by atoms with Gasteiger partial charge in [-0.3, -0.25) is 4.99 Å². The summed E-state index contributed by atoms with van der Waals surface area (Å²) >= 11 is 0. The van der Waals surface area contributed by atoms with Crippen molar-refractivity contribution in [3.63, 3.8) is 0 Å². The van der Waals surface area contributed by atoms with Crippen molar-refractivity contribution in [3.8, 4) is 0 Å². The lowest BCUT2D eigenvalue weighted by molar-refractivity contribution is 0.183. The summed E-state index contributed by atoms with van der Waals surface area (Å²) in [6.07, 6.45) is 14.5. The molecule has 0 bridgehead atoms. The highest BCUT2D eigenvalue weighted by Gasteiger charge is 2.40. The van der Waals surface area contributed by atoms with E-state index < -0.39 is 0 Å². The van der Waals surface area contributed by atoms with Crippen molar-refractivity contribution in [2.24, 2.45) is 15.8 Å². The van der Waals surface area contributed by atoms with Gasteiger partial charge in [-0.25, -0.2) is 0 Å². The molecule has 1 saturated heterocycles. The Balaban J connectivity index is 1.56. The van der Waals surface area contributed by atoms with Gasteiger partial charge >= 0.3 is 0 Å². The molecule has 23 heavy (non-hydrogen) atoms. The van der Waals surface area contributed by atoms with E-state index in [9.17, 15) is 5.11 Å². The molecule has 1 spiro atoms. The summed E-state index contributed by atoms with van der Waals surface area (Å²) in [5, 5.41) is 13.1. The fraction of sp³-hybridized carbons (Fsp3) is 0.947. The van der Waals surface area contributed by atoms with Gasteiger partial charge in [0.05, 0.1) is 0 Å². The number of likely N-dealkylation sites (tertiary alicyclic amines) is 1. The minimum Gasteiger partial charge on any atom is -0.396 e. The summed E-state index contributed by atoms with van der Waals surface area (Å²) in [4.78, 5) is 7.06. The van der Waals surface area contributed by atoms with E-state index in [0.717, 1.165) is 25.5 Å². The molecule has 3 fully saturated rings. The third-order valence-corrected chi connectivity index (χ3v) is 6.79. The minimum atomic E-state index is 0.299. The lowest BCUT2D eigenvalue weighted by Crippen LogP contribution is -2.45. The summed E-state index contributed by atoms with van der Waals surface area (Å²) < 4.78 is 0. The zero-order chi connectivity index (χ0) is 16.2. The minimum absolute atomic E-state index is 0.299. The van der Waals surface area contributed by atoms with Crippen molar-refractivity contribution < 1.29 is 5.11 Å².